The normalized spacial score (nSPS) is 13.6. The lowest BCUT2D eigenvalue weighted by atomic mass is 10.1. The molecule has 164 valence electrons. The standard InChI is InChI=1S/C27H29N3O2/c31-26(17-9-12-22-10-3-1-4-11-22)28-25-16-8-7-15-24(25)27(32)30-20-18-29(19-21-30)23-13-5-2-6-14-23/h1-8,10-11,13-16H,9,12,17-21H2,(H,28,31). The summed E-state index contributed by atoms with van der Waals surface area (Å²) in [5.74, 6) is -0.0898. The Morgan fingerprint density at radius 3 is 2.09 bits per heavy atom. The first-order valence-corrected chi connectivity index (χ1v) is 11.2. The van der Waals surface area contributed by atoms with E-state index in [-0.39, 0.29) is 11.8 Å². The number of carbonyl (C=O) groups excluding carboxylic acids is 2. The Labute approximate surface area is 189 Å². The van der Waals surface area contributed by atoms with Gasteiger partial charge in [-0.3, -0.25) is 9.59 Å². The van der Waals surface area contributed by atoms with Gasteiger partial charge in [0.2, 0.25) is 5.91 Å². The molecule has 32 heavy (non-hydrogen) atoms. The lowest BCUT2D eigenvalue weighted by molar-refractivity contribution is -0.116. The van der Waals surface area contributed by atoms with Crippen molar-refractivity contribution in [1.29, 1.82) is 0 Å². The molecule has 1 fully saturated rings. The van der Waals surface area contributed by atoms with E-state index in [9.17, 15) is 9.59 Å². The molecule has 4 rings (SSSR count). The number of para-hydroxylation sites is 2. The summed E-state index contributed by atoms with van der Waals surface area (Å²) in [6, 6.07) is 27.7. The number of carbonyl (C=O) groups is 2. The summed E-state index contributed by atoms with van der Waals surface area (Å²) in [5, 5.41) is 2.95. The van der Waals surface area contributed by atoms with Crippen molar-refractivity contribution in [3.05, 3.63) is 96.1 Å². The molecule has 3 aromatic carbocycles. The third-order valence-electron chi connectivity index (χ3n) is 5.83. The average Bonchev–Trinajstić information content (AvgIpc) is 2.85. The molecule has 0 aliphatic carbocycles. The molecule has 1 aliphatic rings. The van der Waals surface area contributed by atoms with E-state index < -0.39 is 0 Å². The maximum Gasteiger partial charge on any atom is 0.256 e. The van der Waals surface area contributed by atoms with Gasteiger partial charge in [-0.1, -0.05) is 60.7 Å². The fourth-order valence-corrected chi connectivity index (χ4v) is 4.07. The Balaban J connectivity index is 1.32. The third-order valence-corrected chi connectivity index (χ3v) is 5.83. The molecule has 0 aromatic heterocycles. The number of amides is 2. The van der Waals surface area contributed by atoms with Gasteiger partial charge in [0, 0.05) is 38.3 Å². The zero-order valence-corrected chi connectivity index (χ0v) is 18.2. The van der Waals surface area contributed by atoms with Crippen LogP contribution in [0.3, 0.4) is 0 Å². The van der Waals surface area contributed by atoms with Gasteiger partial charge in [-0.2, -0.15) is 0 Å². The van der Waals surface area contributed by atoms with Gasteiger partial charge in [-0.25, -0.2) is 0 Å². The van der Waals surface area contributed by atoms with E-state index in [0.29, 0.717) is 30.8 Å². The van der Waals surface area contributed by atoms with E-state index in [2.05, 4.69) is 34.5 Å². The molecule has 1 saturated heterocycles. The van der Waals surface area contributed by atoms with Crippen molar-refractivity contribution >= 4 is 23.2 Å². The van der Waals surface area contributed by atoms with E-state index in [1.807, 2.05) is 59.5 Å². The smallest absolute Gasteiger partial charge is 0.256 e. The largest absolute Gasteiger partial charge is 0.368 e. The Morgan fingerprint density at radius 2 is 1.38 bits per heavy atom. The van der Waals surface area contributed by atoms with Crippen LogP contribution in [0.4, 0.5) is 11.4 Å². The van der Waals surface area contributed by atoms with Crippen molar-refractivity contribution < 1.29 is 9.59 Å². The number of benzene rings is 3. The molecular weight excluding hydrogens is 398 g/mol. The second-order valence-corrected chi connectivity index (χ2v) is 8.05. The van der Waals surface area contributed by atoms with Gasteiger partial charge in [-0.05, 0) is 42.7 Å². The van der Waals surface area contributed by atoms with Crippen LogP contribution in [-0.4, -0.2) is 42.9 Å². The molecule has 0 spiro atoms. The first kappa shape index (κ1) is 21.6. The Hall–Kier alpha value is -3.60. The summed E-state index contributed by atoms with van der Waals surface area (Å²) in [7, 11) is 0. The number of piperazine rings is 1. The predicted molar refractivity (Wildman–Crippen MR) is 129 cm³/mol. The van der Waals surface area contributed by atoms with Gasteiger partial charge < -0.3 is 15.1 Å². The van der Waals surface area contributed by atoms with Gasteiger partial charge in [0.15, 0.2) is 0 Å². The maximum atomic E-state index is 13.2. The van der Waals surface area contributed by atoms with Crippen LogP contribution in [0.5, 0.6) is 0 Å². The third kappa shape index (κ3) is 5.55. The summed E-state index contributed by atoms with van der Waals surface area (Å²) in [6.45, 7) is 2.91. The molecule has 0 unspecified atom stereocenters. The van der Waals surface area contributed by atoms with E-state index in [1.165, 1.54) is 11.3 Å². The molecule has 0 radical (unpaired) electrons. The first-order valence-electron chi connectivity index (χ1n) is 11.2. The van der Waals surface area contributed by atoms with Gasteiger partial charge in [0.1, 0.15) is 0 Å². The van der Waals surface area contributed by atoms with E-state index in [4.69, 9.17) is 0 Å². The number of hydrogen-bond acceptors (Lipinski definition) is 3. The van der Waals surface area contributed by atoms with Crippen LogP contribution in [0.25, 0.3) is 0 Å². The van der Waals surface area contributed by atoms with E-state index in [1.54, 1.807) is 6.07 Å². The van der Waals surface area contributed by atoms with Crippen LogP contribution in [-0.2, 0) is 11.2 Å². The summed E-state index contributed by atoms with van der Waals surface area (Å²) in [5.41, 5.74) is 3.55. The second kappa shape index (κ2) is 10.6. The van der Waals surface area contributed by atoms with Crippen LogP contribution >= 0.6 is 0 Å². The number of hydrogen-bond donors (Lipinski definition) is 1. The molecule has 2 amide bonds. The Morgan fingerprint density at radius 1 is 0.750 bits per heavy atom. The molecule has 0 saturated carbocycles. The lowest BCUT2D eigenvalue weighted by Crippen LogP contribution is -2.48. The van der Waals surface area contributed by atoms with Crippen molar-refractivity contribution in [2.24, 2.45) is 0 Å². The number of nitrogens with one attached hydrogen (secondary N) is 1. The molecule has 0 bridgehead atoms. The zero-order chi connectivity index (χ0) is 22.2. The highest BCUT2D eigenvalue weighted by Gasteiger charge is 2.24. The minimum Gasteiger partial charge on any atom is -0.368 e. The highest BCUT2D eigenvalue weighted by Crippen LogP contribution is 2.21. The van der Waals surface area contributed by atoms with Crippen molar-refractivity contribution in [3.8, 4) is 0 Å². The van der Waals surface area contributed by atoms with Crippen LogP contribution < -0.4 is 10.2 Å². The molecule has 1 aliphatic heterocycles. The highest BCUT2D eigenvalue weighted by atomic mass is 16.2. The van der Waals surface area contributed by atoms with Crippen molar-refractivity contribution in [2.45, 2.75) is 19.3 Å². The Kier molecular flexibility index (Phi) is 7.18. The average molecular weight is 428 g/mol. The highest BCUT2D eigenvalue weighted by molar-refractivity contribution is 6.03. The van der Waals surface area contributed by atoms with Gasteiger partial charge in [-0.15, -0.1) is 0 Å². The van der Waals surface area contributed by atoms with Gasteiger partial charge in [0.25, 0.3) is 5.91 Å². The predicted octanol–water partition coefficient (Wildman–Crippen LogP) is 4.61. The number of nitrogens with zero attached hydrogens (tertiary/aromatic N) is 2. The first-order chi connectivity index (χ1) is 15.7. The zero-order valence-electron chi connectivity index (χ0n) is 18.2. The topological polar surface area (TPSA) is 52.7 Å². The molecule has 3 aromatic rings. The van der Waals surface area contributed by atoms with E-state index >= 15 is 0 Å². The van der Waals surface area contributed by atoms with Crippen LogP contribution in [0.2, 0.25) is 0 Å². The maximum absolute atomic E-state index is 13.2. The van der Waals surface area contributed by atoms with E-state index in [0.717, 1.165) is 25.9 Å². The lowest BCUT2D eigenvalue weighted by Gasteiger charge is -2.36. The monoisotopic (exact) mass is 427 g/mol. The minimum atomic E-state index is -0.0601. The fourth-order valence-electron chi connectivity index (χ4n) is 4.07. The quantitative estimate of drug-likeness (QED) is 0.599. The van der Waals surface area contributed by atoms with Crippen molar-refractivity contribution in [1.82, 2.24) is 4.90 Å². The summed E-state index contributed by atoms with van der Waals surface area (Å²) in [4.78, 5) is 29.9. The summed E-state index contributed by atoms with van der Waals surface area (Å²) < 4.78 is 0. The summed E-state index contributed by atoms with van der Waals surface area (Å²) >= 11 is 0. The van der Waals surface area contributed by atoms with Crippen LogP contribution in [0.1, 0.15) is 28.8 Å². The minimum absolute atomic E-state index is 0.0297. The number of aryl methyl sites for hydroxylation is 1. The van der Waals surface area contributed by atoms with Gasteiger partial charge in [0.05, 0.1) is 11.3 Å². The number of rotatable bonds is 7. The molecule has 5 nitrogen and oxygen atoms in total. The van der Waals surface area contributed by atoms with Crippen molar-refractivity contribution in [2.75, 3.05) is 36.4 Å². The SMILES string of the molecule is O=C(CCCc1ccccc1)Nc1ccccc1C(=O)N1CCN(c2ccccc2)CC1. The Bertz CT molecular complexity index is 1030. The molecular formula is C27H29N3O2. The molecule has 5 heteroatoms. The number of anilines is 2. The van der Waals surface area contributed by atoms with Gasteiger partial charge >= 0.3 is 0 Å². The summed E-state index contributed by atoms with van der Waals surface area (Å²) in [6.07, 6.45) is 2.06. The molecule has 1 N–H and O–H groups in total. The van der Waals surface area contributed by atoms with Crippen molar-refractivity contribution in [3.63, 3.8) is 0 Å². The molecule has 0 atom stereocenters. The van der Waals surface area contributed by atoms with Crippen LogP contribution in [0.15, 0.2) is 84.9 Å². The molecule has 1 heterocycles. The fraction of sp³-hybridized carbons (Fsp3) is 0.259. The van der Waals surface area contributed by atoms with Crippen LogP contribution in [0, 0.1) is 0 Å². The second-order valence-electron chi connectivity index (χ2n) is 8.05.